The second-order valence-corrected chi connectivity index (χ2v) is 10.3. The van der Waals surface area contributed by atoms with Crippen LogP contribution in [0.2, 0.25) is 0 Å². The monoisotopic (exact) mass is 533 g/mol. The number of carbonyl (C=O) groups excluding carboxylic acids is 1. The number of hydrogen-bond acceptors (Lipinski definition) is 9. The van der Waals surface area contributed by atoms with Gasteiger partial charge in [0.15, 0.2) is 0 Å². The van der Waals surface area contributed by atoms with Crippen molar-refractivity contribution in [2.75, 3.05) is 49.7 Å². The van der Waals surface area contributed by atoms with E-state index in [9.17, 15) is 29.2 Å². The number of aromatic nitrogens is 1. The van der Waals surface area contributed by atoms with Gasteiger partial charge in [0.05, 0.1) is 31.2 Å². The number of aliphatic hydroxyl groups excluding tert-OH is 1. The van der Waals surface area contributed by atoms with Gasteiger partial charge >= 0.3 is 17.3 Å². The van der Waals surface area contributed by atoms with E-state index in [2.05, 4.69) is 4.98 Å². The average molecular weight is 534 g/mol. The van der Waals surface area contributed by atoms with Crippen LogP contribution in [0.1, 0.15) is 32.0 Å². The van der Waals surface area contributed by atoms with Crippen LogP contribution in [0.15, 0.2) is 23.0 Å². The number of halogens is 1. The van der Waals surface area contributed by atoms with Gasteiger partial charge in [-0.2, -0.15) is 0 Å². The molecule has 1 aromatic heterocycles. The van der Waals surface area contributed by atoms with Crippen LogP contribution in [0.25, 0.3) is 0 Å². The molecule has 0 bridgehead atoms. The third kappa shape index (κ3) is 5.23. The lowest BCUT2D eigenvalue weighted by molar-refractivity contribution is -0.385. The number of ether oxygens (including phenoxy) is 2. The number of para-hydroxylation sites is 1. The zero-order valence-corrected chi connectivity index (χ0v) is 21.8. The summed E-state index contributed by atoms with van der Waals surface area (Å²) >= 11 is 0. The van der Waals surface area contributed by atoms with Gasteiger partial charge in [-0.25, -0.2) is 9.18 Å². The fraction of sp³-hybridized carbons (Fsp3) is 0.520. The minimum atomic E-state index is -0.891. The molecule has 1 aromatic carbocycles. The molecule has 2 N–H and O–H groups in total. The molecule has 13 heteroatoms. The highest BCUT2D eigenvalue weighted by atomic mass is 19.1. The normalized spacial score (nSPS) is 17.7. The molecule has 2 aliphatic rings. The number of pyridine rings is 1. The van der Waals surface area contributed by atoms with Crippen molar-refractivity contribution in [2.24, 2.45) is 0 Å². The first-order valence-corrected chi connectivity index (χ1v) is 12.3. The van der Waals surface area contributed by atoms with Crippen LogP contribution < -0.4 is 20.1 Å². The van der Waals surface area contributed by atoms with Crippen molar-refractivity contribution < 1.29 is 28.7 Å². The molecule has 12 nitrogen and oxygen atoms in total. The van der Waals surface area contributed by atoms with Crippen LogP contribution >= 0.6 is 0 Å². The minimum Gasteiger partial charge on any atom is -0.494 e. The molecule has 3 heterocycles. The van der Waals surface area contributed by atoms with Gasteiger partial charge in [0, 0.05) is 37.4 Å². The number of fused-ring (bicyclic) bond motifs is 1. The highest BCUT2D eigenvalue weighted by molar-refractivity contribution is 5.73. The molecule has 0 saturated carbocycles. The quantitative estimate of drug-likeness (QED) is 0.438. The number of amides is 1. The predicted octanol–water partition coefficient (Wildman–Crippen LogP) is 2.41. The standard InChI is InChI=1S/C25H32FN5O7/c1-25(2,3)38-24(34)29-10-11-30(15(12-29)14-32)20-16-8-9-28(21-17(26)6-5-7-19(21)37-4)13-18(16)27-23(33)22(20)31(35)36/h5-7,15,32H,8-14H2,1-4H3,(H,27,33). The third-order valence-electron chi connectivity index (χ3n) is 6.64. The van der Waals surface area contributed by atoms with E-state index in [-0.39, 0.29) is 44.0 Å². The number of nitro groups is 1. The first kappa shape index (κ1) is 27.2. The van der Waals surface area contributed by atoms with Gasteiger partial charge in [0.1, 0.15) is 28.5 Å². The number of carbonyl (C=O) groups is 1. The van der Waals surface area contributed by atoms with E-state index in [4.69, 9.17) is 9.47 Å². The maximum atomic E-state index is 14.8. The van der Waals surface area contributed by atoms with E-state index >= 15 is 0 Å². The van der Waals surface area contributed by atoms with E-state index in [1.54, 1.807) is 36.6 Å². The Morgan fingerprint density at radius 3 is 2.63 bits per heavy atom. The Balaban J connectivity index is 1.72. The Kier molecular flexibility index (Phi) is 7.49. The number of rotatable bonds is 5. The molecule has 206 valence electrons. The molecule has 4 rings (SSSR count). The van der Waals surface area contributed by atoms with Crippen molar-refractivity contribution in [3.63, 3.8) is 0 Å². The molecule has 2 aliphatic heterocycles. The van der Waals surface area contributed by atoms with Crippen molar-refractivity contribution >= 4 is 23.2 Å². The SMILES string of the molecule is COc1cccc(F)c1N1CCc2c([nH]c(=O)c([N+](=O)[O-])c2N2CCN(C(=O)OC(C)(C)C)CC2CO)C1. The smallest absolute Gasteiger partial charge is 0.410 e. The van der Waals surface area contributed by atoms with Crippen molar-refractivity contribution in [3.05, 3.63) is 55.7 Å². The number of nitrogens with one attached hydrogen (secondary N) is 1. The fourth-order valence-corrected chi connectivity index (χ4v) is 5.02. The number of aliphatic hydroxyl groups is 1. The van der Waals surface area contributed by atoms with Crippen molar-refractivity contribution in [1.29, 1.82) is 0 Å². The average Bonchev–Trinajstić information content (AvgIpc) is 2.85. The maximum Gasteiger partial charge on any atom is 0.410 e. The third-order valence-corrected chi connectivity index (χ3v) is 6.64. The number of nitrogens with zero attached hydrogens (tertiary/aromatic N) is 4. The first-order valence-electron chi connectivity index (χ1n) is 12.3. The van der Waals surface area contributed by atoms with Gasteiger partial charge < -0.3 is 34.3 Å². The number of aromatic amines is 1. The second-order valence-electron chi connectivity index (χ2n) is 10.3. The summed E-state index contributed by atoms with van der Waals surface area (Å²) in [6, 6.07) is 3.78. The van der Waals surface area contributed by atoms with E-state index in [0.717, 1.165) is 0 Å². The number of H-pyrrole nitrogens is 1. The highest BCUT2D eigenvalue weighted by Gasteiger charge is 2.39. The molecule has 0 radical (unpaired) electrons. The van der Waals surface area contributed by atoms with Gasteiger partial charge in [-0.1, -0.05) is 6.07 Å². The summed E-state index contributed by atoms with van der Waals surface area (Å²) in [5, 5.41) is 22.2. The molecule has 2 aromatic rings. The Morgan fingerprint density at radius 2 is 2.00 bits per heavy atom. The van der Waals surface area contributed by atoms with Crippen LogP contribution in [-0.2, 0) is 17.7 Å². The van der Waals surface area contributed by atoms with Crippen LogP contribution in [-0.4, -0.2) is 77.5 Å². The van der Waals surface area contributed by atoms with Gasteiger partial charge in [-0.15, -0.1) is 0 Å². The van der Waals surface area contributed by atoms with Gasteiger partial charge in [0.25, 0.3) is 0 Å². The summed E-state index contributed by atoms with van der Waals surface area (Å²) in [5.41, 5.74) is -0.898. The molecule has 1 unspecified atom stereocenters. The molecule has 38 heavy (non-hydrogen) atoms. The zero-order valence-electron chi connectivity index (χ0n) is 21.8. The molecule has 0 spiro atoms. The molecule has 1 amide bonds. The largest absolute Gasteiger partial charge is 0.494 e. The van der Waals surface area contributed by atoms with Gasteiger partial charge in [0.2, 0.25) is 0 Å². The Labute approximate surface area is 218 Å². The lowest BCUT2D eigenvalue weighted by Crippen LogP contribution is -2.57. The molecular formula is C25H32FN5O7. The molecule has 1 saturated heterocycles. The van der Waals surface area contributed by atoms with Crippen LogP contribution in [0.5, 0.6) is 5.75 Å². The van der Waals surface area contributed by atoms with E-state index in [0.29, 0.717) is 23.6 Å². The molecule has 1 atom stereocenters. The Bertz CT molecular complexity index is 1290. The number of piperazine rings is 1. The van der Waals surface area contributed by atoms with Gasteiger partial charge in [-0.05, 0) is 39.3 Å². The molecule has 1 fully saturated rings. The predicted molar refractivity (Wildman–Crippen MR) is 137 cm³/mol. The lowest BCUT2D eigenvalue weighted by Gasteiger charge is -2.43. The Morgan fingerprint density at radius 1 is 1.26 bits per heavy atom. The van der Waals surface area contributed by atoms with Crippen LogP contribution in [0.3, 0.4) is 0 Å². The summed E-state index contributed by atoms with van der Waals surface area (Å²) < 4.78 is 25.5. The van der Waals surface area contributed by atoms with Gasteiger partial charge in [-0.3, -0.25) is 14.9 Å². The highest BCUT2D eigenvalue weighted by Crippen LogP contribution is 2.39. The molecule has 0 aliphatic carbocycles. The fourth-order valence-electron chi connectivity index (χ4n) is 5.02. The first-order chi connectivity index (χ1) is 17.9. The number of hydrogen-bond donors (Lipinski definition) is 2. The molecular weight excluding hydrogens is 501 g/mol. The van der Waals surface area contributed by atoms with E-state index < -0.39 is 46.3 Å². The lowest BCUT2D eigenvalue weighted by atomic mass is 9.98. The summed E-state index contributed by atoms with van der Waals surface area (Å²) in [6.07, 6.45) is -0.281. The summed E-state index contributed by atoms with van der Waals surface area (Å²) in [4.78, 5) is 44.3. The summed E-state index contributed by atoms with van der Waals surface area (Å²) in [5.74, 6) is -0.160. The summed E-state index contributed by atoms with van der Waals surface area (Å²) in [7, 11) is 1.44. The van der Waals surface area contributed by atoms with E-state index in [1.807, 2.05) is 0 Å². The Hall–Kier alpha value is -3.87. The van der Waals surface area contributed by atoms with Crippen LogP contribution in [0.4, 0.5) is 26.2 Å². The van der Waals surface area contributed by atoms with Crippen molar-refractivity contribution in [1.82, 2.24) is 9.88 Å². The maximum absolute atomic E-state index is 14.8. The topological polar surface area (TPSA) is 141 Å². The van der Waals surface area contributed by atoms with Crippen molar-refractivity contribution in [2.45, 2.75) is 45.4 Å². The number of methoxy groups -OCH3 is 1. The van der Waals surface area contributed by atoms with Crippen molar-refractivity contribution in [3.8, 4) is 5.75 Å². The minimum absolute atomic E-state index is 0.0582. The van der Waals surface area contributed by atoms with Crippen LogP contribution in [0, 0.1) is 15.9 Å². The second kappa shape index (κ2) is 10.5. The zero-order chi connectivity index (χ0) is 27.8. The number of anilines is 2. The van der Waals surface area contributed by atoms with E-state index in [1.165, 1.54) is 24.1 Å². The number of benzene rings is 1. The summed E-state index contributed by atoms with van der Waals surface area (Å²) in [6.45, 7) is 5.62.